The quantitative estimate of drug-likeness (QED) is 0.720. The Morgan fingerprint density at radius 1 is 1.23 bits per heavy atom. The molecule has 2 heterocycles. The maximum absolute atomic E-state index is 14.4. The minimum absolute atomic E-state index is 0.0516. The van der Waals surface area contributed by atoms with Crippen molar-refractivity contribution in [2.45, 2.75) is 43.8 Å². The van der Waals surface area contributed by atoms with E-state index in [1.165, 1.54) is 20.2 Å². The molecule has 168 valence electrons. The van der Waals surface area contributed by atoms with Crippen LogP contribution in [0.15, 0.2) is 30.5 Å². The lowest BCUT2D eigenvalue weighted by Crippen LogP contribution is -2.56. The Kier molecular flexibility index (Phi) is 4.82. The van der Waals surface area contributed by atoms with E-state index in [1.807, 2.05) is 6.07 Å². The zero-order chi connectivity index (χ0) is 22.0. The first-order valence-corrected chi connectivity index (χ1v) is 12.2. The van der Waals surface area contributed by atoms with Crippen LogP contribution in [0.2, 0.25) is 0 Å². The summed E-state index contributed by atoms with van der Waals surface area (Å²) in [5.74, 6) is -0.800. The lowest BCUT2D eigenvalue weighted by Gasteiger charge is -2.55. The fourth-order valence-corrected chi connectivity index (χ4v) is 6.77. The molecule has 0 unspecified atom stereocenters. The minimum Gasteiger partial charge on any atom is -0.347 e. The maximum atomic E-state index is 14.4. The van der Waals surface area contributed by atoms with Gasteiger partial charge in [0.25, 0.3) is 0 Å². The maximum Gasteiger partial charge on any atom is 0.322 e. The fraction of sp³-hybridized carbons (Fsp3) is 0.591. The van der Waals surface area contributed by atoms with Crippen LogP contribution in [0.1, 0.15) is 43.0 Å². The average Bonchev–Trinajstić information content (AvgIpc) is 3.39. The van der Waals surface area contributed by atoms with Gasteiger partial charge in [-0.3, -0.25) is 0 Å². The Balaban J connectivity index is 1.71. The van der Waals surface area contributed by atoms with E-state index < -0.39 is 21.4 Å². The van der Waals surface area contributed by atoms with Gasteiger partial charge < -0.3 is 9.47 Å². The summed E-state index contributed by atoms with van der Waals surface area (Å²) in [6.07, 6.45) is 4.46. The van der Waals surface area contributed by atoms with Gasteiger partial charge in [-0.1, -0.05) is 19.1 Å². The number of rotatable bonds is 3. The van der Waals surface area contributed by atoms with Crippen LogP contribution in [0, 0.1) is 17.7 Å². The van der Waals surface area contributed by atoms with Crippen molar-refractivity contribution in [2.75, 3.05) is 27.3 Å². The molecule has 1 aliphatic heterocycles. The van der Waals surface area contributed by atoms with Crippen LogP contribution in [-0.2, 0) is 31.5 Å². The molecule has 31 heavy (non-hydrogen) atoms. The number of ether oxygens (including phenoxy) is 2. The SMILES string of the molecule is C[C@H]1[C@@H]2CCc3cn(S(=O)(=O)N(C)C)nc3[C@@]2(c2cccc(F)c2)CCC12OCCO2. The van der Waals surface area contributed by atoms with E-state index in [4.69, 9.17) is 9.47 Å². The van der Waals surface area contributed by atoms with Crippen molar-refractivity contribution in [1.29, 1.82) is 0 Å². The molecule has 3 atom stereocenters. The Labute approximate surface area is 182 Å². The second kappa shape index (κ2) is 7.10. The lowest BCUT2D eigenvalue weighted by atomic mass is 9.52. The topological polar surface area (TPSA) is 73.7 Å². The monoisotopic (exact) mass is 449 g/mol. The Bertz CT molecular complexity index is 1110. The number of aromatic nitrogens is 2. The molecule has 5 rings (SSSR count). The van der Waals surface area contributed by atoms with Gasteiger partial charge >= 0.3 is 10.2 Å². The molecule has 0 radical (unpaired) electrons. The molecular formula is C22H28FN3O4S. The highest BCUT2D eigenvalue weighted by Crippen LogP contribution is 2.59. The molecule has 2 aromatic rings. The molecule has 2 fully saturated rings. The van der Waals surface area contributed by atoms with Crippen LogP contribution >= 0.6 is 0 Å². The molecule has 9 heteroatoms. The number of aryl methyl sites for hydroxylation is 1. The summed E-state index contributed by atoms with van der Waals surface area (Å²) in [6, 6.07) is 6.66. The summed E-state index contributed by atoms with van der Waals surface area (Å²) in [7, 11) is -0.769. The van der Waals surface area contributed by atoms with Crippen LogP contribution in [0.5, 0.6) is 0 Å². The van der Waals surface area contributed by atoms with Crippen LogP contribution in [0.25, 0.3) is 0 Å². The third kappa shape index (κ3) is 2.93. The molecule has 1 saturated carbocycles. The van der Waals surface area contributed by atoms with Crippen molar-refractivity contribution < 1.29 is 22.3 Å². The average molecular weight is 450 g/mol. The first-order valence-electron chi connectivity index (χ1n) is 10.8. The van der Waals surface area contributed by atoms with Gasteiger partial charge in [-0.25, -0.2) is 4.39 Å². The van der Waals surface area contributed by atoms with Gasteiger partial charge in [0.1, 0.15) is 5.82 Å². The first kappa shape index (κ1) is 21.1. The van der Waals surface area contributed by atoms with E-state index in [2.05, 4.69) is 12.0 Å². The predicted octanol–water partition coefficient (Wildman–Crippen LogP) is 2.70. The second-order valence-electron chi connectivity index (χ2n) is 9.09. The summed E-state index contributed by atoms with van der Waals surface area (Å²) in [5, 5.41) is 4.64. The van der Waals surface area contributed by atoms with Gasteiger partial charge in [0.15, 0.2) is 5.79 Å². The normalized spacial score (nSPS) is 29.8. The first-order chi connectivity index (χ1) is 14.7. The Morgan fingerprint density at radius 3 is 2.65 bits per heavy atom. The summed E-state index contributed by atoms with van der Waals surface area (Å²) < 4.78 is 54.4. The van der Waals surface area contributed by atoms with Crippen molar-refractivity contribution in [3.05, 3.63) is 53.1 Å². The highest BCUT2D eigenvalue weighted by atomic mass is 32.2. The van der Waals surface area contributed by atoms with E-state index in [1.54, 1.807) is 18.3 Å². The summed E-state index contributed by atoms with van der Waals surface area (Å²) in [6.45, 7) is 3.29. The van der Waals surface area contributed by atoms with Crippen molar-refractivity contribution in [3.8, 4) is 0 Å². The highest BCUT2D eigenvalue weighted by Gasteiger charge is 2.60. The number of nitrogens with zero attached hydrogens (tertiary/aromatic N) is 3. The molecule has 2 aliphatic carbocycles. The summed E-state index contributed by atoms with van der Waals surface area (Å²) >= 11 is 0. The van der Waals surface area contributed by atoms with E-state index >= 15 is 0 Å². The zero-order valence-corrected chi connectivity index (χ0v) is 18.9. The highest BCUT2D eigenvalue weighted by molar-refractivity contribution is 7.87. The van der Waals surface area contributed by atoms with Gasteiger partial charge in [-0.15, -0.1) is 0 Å². The molecule has 7 nitrogen and oxygen atoms in total. The van der Waals surface area contributed by atoms with Gasteiger partial charge in [0.05, 0.1) is 18.9 Å². The third-order valence-corrected chi connectivity index (χ3v) is 9.11. The molecule has 0 amide bonds. The van der Waals surface area contributed by atoms with Crippen molar-refractivity contribution in [3.63, 3.8) is 0 Å². The van der Waals surface area contributed by atoms with Crippen LogP contribution in [-0.4, -0.2) is 55.0 Å². The predicted molar refractivity (Wildman–Crippen MR) is 112 cm³/mol. The molecule has 1 aromatic heterocycles. The molecule has 1 spiro atoms. The standard InChI is InChI=1S/C22H28FN3O4S/c1-15-19-8-7-16-14-26(31(27,28)25(2)3)24-20(16)21(19,17-5-4-6-18(23)13-17)9-10-22(15)29-11-12-30-22/h4-6,13-15,19H,7-12H2,1-3H3/t15-,19-,21+/m0/s1. The number of fused-ring (bicyclic) bond motifs is 3. The minimum atomic E-state index is -3.75. The van der Waals surface area contributed by atoms with Gasteiger partial charge in [0, 0.05) is 38.0 Å². The third-order valence-electron chi connectivity index (χ3n) is 7.53. The zero-order valence-electron chi connectivity index (χ0n) is 18.0. The number of hydrogen-bond donors (Lipinski definition) is 0. The molecule has 1 aromatic carbocycles. The lowest BCUT2D eigenvalue weighted by molar-refractivity contribution is -0.232. The number of benzene rings is 1. The molecule has 1 saturated heterocycles. The van der Waals surface area contributed by atoms with Crippen molar-refractivity contribution in [1.82, 2.24) is 13.5 Å². The van der Waals surface area contributed by atoms with Crippen LogP contribution in [0.4, 0.5) is 4.39 Å². The van der Waals surface area contributed by atoms with Gasteiger partial charge in [-0.05, 0) is 48.4 Å². The van der Waals surface area contributed by atoms with E-state index in [0.29, 0.717) is 32.5 Å². The van der Waals surface area contributed by atoms with Gasteiger partial charge in [0.2, 0.25) is 0 Å². The smallest absolute Gasteiger partial charge is 0.322 e. The van der Waals surface area contributed by atoms with Crippen LogP contribution in [0.3, 0.4) is 0 Å². The van der Waals surface area contributed by atoms with Crippen molar-refractivity contribution >= 4 is 10.2 Å². The second-order valence-corrected chi connectivity index (χ2v) is 11.1. The summed E-state index contributed by atoms with van der Waals surface area (Å²) in [5.41, 5.74) is 1.88. The fourth-order valence-electron chi connectivity index (χ4n) is 5.99. The largest absolute Gasteiger partial charge is 0.347 e. The number of hydrogen-bond acceptors (Lipinski definition) is 5. The molecule has 0 N–H and O–H groups in total. The Morgan fingerprint density at radius 2 is 1.97 bits per heavy atom. The summed E-state index contributed by atoms with van der Waals surface area (Å²) in [4.78, 5) is 0. The molecule has 0 bridgehead atoms. The van der Waals surface area contributed by atoms with E-state index in [-0.39, 0.29) is 17.7 Å². The van der Waals surface area contributed by atoms with Gasteiger partial charge in [-0.2, -0.15) is 21.9 Å². The molecule has 3 aliphatic rings. The Hall–Kier alpha value is -1.81. The molecular weight excluding hydrogens is 421 g/mol. The van der Waals surface area contributed by atoms with Crippen molar-refractivity contribution in [2.24, 2.45) is 11.8 Å². The van der Waals surface area contributed by atoms with Crippen LogP contribution < -0.4 is 0 Å². The van der Waals surface area contributed by atoms with E-state index in [0.717, 1.165) is 31.6 Å². The van der Waals surface area contributed by atoms with E-state index in [9.17, 15) is 12.8 Å². The number of halogens is 1.